The van der Waals surface area contributed by atoms with Crippen molar-refractivity contribution in [2.75, 3.05) is 48.4 Å². The standard InChI is InChI=1S/C30H34N4O3/c1-37-28-10-6-5-9-27(28)34-19-17-33(18-20-34)26-15-14-24(21-25(26)30(36)32-23-12-13-23)31-29(35)16-11-22-7-3-2-4-8-22/h2-10,14-15,21,23H,11-13,16-20H2,1H3,(H,31,35)(H,32,36). The molecule has 2 aliphatic rings. The molecule has 0 unspecified atom stereocenters. The summed E-state index contributed by atoms with van der Waals surface area (Å²) in [5, 5.41) is 6.11. The van der Waals surface area contributed by atoms with Crippen LogP contribution in [-0.4, -0.2) is 51.1 Å². The molecule has 1 heterocycles. The van der Waals surface area contributed by atoms with Crippen molar-refractivity contribution in [2.45, 2.75) is 31.7 Å². The van der Waals surface area contributed by atoms with E-state index in [1.165, 1.54) is 0 Å². The van der Waals surface area contributed by atoms with E-state index in [1.807, 2.05) is 66.7 Å². The van der Waals surface area contributed by atoms with Crippen molar-refractivity contribution in [1.82, 2.24) is 5.32 Å². The summed E-state index contributed by atoms with van der Waals surface area (Å²) in [7, 11) is 1.70. The zero-order valence-corrected chi connectivity index (χ0v) is 21.3. The smallest absolute Gasteiger partial charge is 0.253 e. The molecule has 7 heteroatoms. The van der Waals surface area contributed by atoms with Crippen LogP contribution in [0.15, 0.2) is 72.8 Å². The quantitative estimate of drug-likeness (QED) is 0.455. The Hall–Kier alpha value is -4.00. The number of nitrogens with one attached hydrogen (secondary N) is 2. The largest absolute Gasteiger partial charge is 0.495 e. The number of methoxy groups -OCH3 is 1. The number of ether oxygens (including phenoxy) is 1. The van der Waals surface area contributed by atoms with E-state index in [9.17, 15) is 9.59 Å². The molecular formula is C30H34N4O3. The molecule has 2 amide bonds. The maximum atomic E-state index is 13.2. The number of hydrogen-bond donors (Lipinski definition) is 2. The third-order valence-corrected chi connectivity index (χ3v) is 6.97. The highest BCUT2D eigenvalue weighted by Crippen LogP contribution is 2.31. The molecule has 1 saturated heterocycles. The number of amides is 2. The van der Waals surface area contributed by atoms with Gasteiger partial charge in [0.1, 0.15) is 5.75 Å². The van der Waals surface area contributed by atoms with Crippen LogP contribution in [0.4, 0.5) is 17.1 Å². The van der Waals surface area contributed by atoms with Gasteiger partial charge in [0.2, 0.25) is 5.91 Å². The van der Waals surface area contributed by atoms with Crippen LogP contribution in [0.2, 0.25) is 0 Å². The van der Waals surface area contributed by atoms with Gasteiger partial charge in [-0.3, -0.25) is 9.59 Å². The lowest BCUT2D eigenvalue weighted by atomic mass is 10.1. The van der Waals surface area contributed by atoms with Gasteiger partial charge >= 0.3 is 0 Å². The fourth-order valence-electron chi connectivity index (χ4n) is 4.77. The van der Waals surface area contributed by atoms with E-state index < -0.39 is 0 Å². The van der Waals surface area contributed by atoms with Crippen LogP contribution in [0, 0.1) is 0 Å². The number of aryl methyl sites for hydroxylation is 1. The lowest BCUT2D eigenvalue weighted by molar-refractivity contribution is -0.116. The molecule has 0 radical (unpaired) electrons. The summed E-state index contributed by atoms with van der Waals surface area (Å²) in [5.41, 5.74) is 4.38. The van der Waals surface area contributed by atoms with E-state index in [-0.39, 0.29) is 17.9 Å². The van der Waals surface area contributed by atoms with Crippen molar-refractivity contribution in [3.8, 4) is 5.75 Å². The van der Waals surface area contributed by atoms with Crippen LogP contribution in [0.5, 0.6) is 5.75 Å². The third kappa shape index (κ3) is 6.23. The molecule has 5 rings (SSSR count). The minimum atomic E-state index is -0.0787. The molecule has 0 bridgehead atoms. The fourth-order valence-corrected chi connectivity index (χ4v) is 4.77. The number of piperazine rings is 1. The van der Waals surface area contributed by atoms with Crippen molar-refractivity contribution in [2.24, 2.45) is 0 Å². The second-order valence-corrected chi connectivity index (χ2v) is 9.66. The fraction of sp³-hybridized carbons (Fsp3) is 0.333. The van der Waals surface area contributed by atoms with Crippen molar-refractivity contribution >= 4 is 28.9 Å². The Labute approximate surface area is 218 Å². The first-order chi connectivity index (χ1) is 18.1. The Bertz CT molecular complexity index is 1230. The van der Waals surface area contributed by atoms with Gasteiger partial charge in [-0.05, 0) is 55.2 Å². The summed E-state index contributed by atoms with van der Waals surface area (Å²) < 4.78 is 5.55. The first-order valence-electron chi connectivity index (χ1n) is 13.0. The van der Waals surface area contributed by atoms with Crippen molar-refractivity contribution in [3.05, 3.63) is 83.9 Å². The molecule has 192 valence electrons. The molecule has 1 saturated carbocycles. The number of carbonyl (C=O) groups excluding carboxylic acids is 2. The van der Waals surface area contributed by atoms with Gasteiger partial charge in [0.25, 0.3) is 5.91 Å². The van der Waals surface area contributed by atoms with Crippen molar-refractivity contribution < 1.29 is 14.3 Å². The van der Waals surface area contributed by atoms with Gasteiger partial charge < -0.3 is 25.2 Å². The minimum absolute atomic E-state index is 0.0597. The molecule has 3 aromatic rings. The van der Waals surface area contributed by atoms with Crippen LogP contribution < -0.4 is 25.2 Å². The molecule has 1 aliphatic carbocycles. The highest BCUT2D eigenvalue weighted by molar-refractivity contribution is 6.02. The Morgan fingerprint density at radius 2 is 1.54 bits per heavy atom. The Morgan fingerprint density at radius 3 is 2.24 bits per heavy atom. The monoisotopic (exact) mass is 498 g/mol. The molecule has 2 N–H and O–H groups in total. The first-order valence-corrected chi connectivity index (χ1v) is 13.0. The van der Waals surface area contributed by atoms with Crippen LogP contribution >= 0.6 is 0 Å². The number of hydrogen-bond acceptors (Lipinski definition) is 5. The van der Waals surface area contributed by atoms with E-state index in [4.69, 9.17) is 4.74 Å². The maximum absolute atomic E-state index is 13.2. The lowest BCUT2D eigenvalue weighted by Gasteiger charge is -2.38. The van der Waals surface area contributed by atoms with E-state index in [1.54, 1.807) is 7.11 Å². The van der Waals surface area contributed by atoms with Crippen LogP contribution in [0.25, 0.3) is 0 Å². The lowest BCUT2D eigenvalue weighted by Crippen LogP contribution is -2.47. The Kier molecular flexibility index (Phi) is 7.59. The van der Waals surface area contributed by atoms with Crippen molar-refractivity contribution in [1.29, 1.82) is 0 Å². The average Bonchev–Trinajstić information content (AvgIpc) is 3.76. The Balaban J connectivity index is 1.28. The first kappa shape index (κ1) is 24.7. The summed E-state index contributed by atoms with van der Waals surface area (Å²) in [4.78, 5) is 30.4. The number of benzene rings is 3. The van der Waals surface area contributed by atoms with Crippen LogP contribution in [0.1, 0.15) is 35.2 Å². The number of para-hydroxylation sites is 2. The summed E-state index contributed by atoms with van der Waals surface area (Å²) >= 11 is 0. The highest BCUT2D eigenvalue weighted by atomic mass is 16.5. The average molecular weight is 499 g/mol. The normalized spacial score (nSPS) is 15.3. The van der Waals surface area contributed by atoms with Crippen LogP contribution in [0.3, 0.4) is 0 Å². The van der Waals surface area contributed by atoms with E-state index in [2.05, 4.69) is 26.5 Å². The van der Waals surface area contributed by atoms with Gasteiger partial charge in [0, 0.05) is 50.0 Å². The van der Waals surface area contributed by atoms with E-state index >= 15 is 0 Å². The summed E-state index contributed by atoms with van der Waals surface area (Å²) in [6.45, 7) is 3.21. The van der Waals surface area contributed by atoms with Gasteiger partial charge in [-0.25, -0.2) is 0 Å². The van der Waals surface area contributed by atoms with Gasteiger partial charge in [-0.1, -0.05) is 42.5 Å². The third-order valence-electron chi connectivity index (χ3n) is 6.97. The molecule has 2 fully saturated rings. The maximum Gasteiger partial charge on any atom is 0.253 e. The number of nitrogens with zero attached hydrogens (tertiary/aromatic N) is 2. The molecule has 37 heavy (non-hydrogen) atoms. The summed E-state index contributed by atoms with van der Waals surface area (Å²) in [6.07, 6.45) is 3.11. The van der Waals surface area contributed by atoms with Gasteiger partial charge in [0.05, 0.1) is 18.4 Å². The highest BCUT2D eigenvalue weighted by Gasteiger charge is 2.27. The van der Waals surface area contributed by atoms with E-state index in [0.717, 1.165) is 61.7 Å². The second-order valence-electron chi connectivity index (χ2n) is 9.66. The van der Waals surface area contributed by atoms with Crippen LogP contribution in [-0.2, 0) is 11.2 Å². The van der Waals surface area contributed by atoms with Gasteiger partial charge in [-0.15, -0.1) is 0 Å². The van der Waals surface area contributed by atoms with E-state index in [0.29, 0.717) is 24.1 Å². The zero-order chi connectivity index (χ0) is 25.6. The molecule has 0 spiro atoms. The molecule has 0 aromatic heterocycles. The summed E-state index contributed by atoms with van der Waals surface area (Å²) in [5.74, 6) is 0.730. The molecule has 7 nitrogen and oxygen atoms in total. The van der Waals surface area contributed by atoms with Crippen molar-refractivity contribution in [3.63, 3.8) is 0 Å². The van der Waals surface area contributed by atoms with Gasteiger partial charge in [-0.2, -0.15) is 0 Å². The minimum Gasteiger partial charge on any atom is -0.495 e. The summed E-state index contributed by atoms with van der Waals surface area (Å²) in [6, 6.07) is 24.0. The molecular weight excluding hydrogens is 464 g/mol. The number of carbonyl (C=O) groups is 2. The molecule has 1 aliphatic heterocycles. The topological polar surface area (TPSA) is 73.9 Å². The number of anilines is 3. The SMILES string of the molecule is COc1ccccc1N1CCN(c2ccc(NC(=O)CCc3ccccc3)cc2C(=O)NC2CC2)CC1. The second kappa shape index (κ2) is 11.4. The molecule has 3 aromatic carbocycles. The van der Waals surface area contributed by atoms with Gasteiger partial charge in [0.15, 0.2) is 0 Å². The predicted octanol–water partition coefficient (Wildman–Crippen LogP) is 4.49. The number of rotatable bonds is 9. The zero-order valence-electron chi connectivity index (χ0n) is 21.3. The Morgan fingerprint density at radius 1 is 0.865 bits per heavy atom. The predicted molar refractivity (Wildman–Crippen MR) is 148 cm³/mol. The molecule has 0 atom stereocenters.